The fourth-order valence-electron chi connectivity index (χ4n) is 2.66. The van der Waals surface area contributed by atoms with Crippen LogP contribution < -0.4 is 10.5 Å². The summed E-state index contributed by atoms with van der Waals surface area (Å²) in [5.74, 6) is 0.355. The van der Waals surface area contributed by atoms with Gasteiger partial charge in [-0.1, -0.05) is 5.16 Å². The maximum Gasteiger partial charge on any atom is 0.439 e. The molecule has 0 saturated carbocycles. The third-order valence-corrected chi connectivity index (χ3v) is 3.79. The maximum atomic E-state index is 10.9. The zero-order valence-electron chi connectivity index (χ0n) is 12.8. The minimum atomic E-state index is -0.607. The molecule has 0 spiro atoms. The summed E-state index contributed by atoms with van der Waals surface area (Å²) >= 11 is 0. The number of nitrogens with one attached hydrogen (secondary N) is 1. The van der Waals surface area contributed by atoms with Crippen LogP contribution in [-0.2, 0) is 0 Å². The highest BCUT2D eigenvalue weighted by Gasteiger charge is 2.16. The number of likely N-dealkylation sites (tertiary alicyclic amines) is 1. The SMILES string of the molecule is O=c1[nH]c(-c2ccc(OCCCN3CCCC(O)C3)cn2)no1. The van der Waals surface area contributed by atoms with E-state index in [1.807, 2.05) is 0 Å². The Hall–Kier alpha value is -2.19. The molecular formula is C15H20N4O4. The minimum absolute atomic E-state index is 0.190. The summed E-state index contributed by atoms with van der Waals surface area (Å²) in [5.41, 5.74) is 0.519. The number of pyridine rings is 1. The van der Waals surface area contributed by atoms with Crippen LogP contribution in [0.2, 0.25) is 0 Å². The molecular weight excluding hydrogens is 300 g/mol. The Balaban J connectivity index is 1.43. The second-order valence-electron chi connectivity index (χ2n) is 5.62. The fraction of sp³-hybridized carbons (Fsp3) is 0.533. The van der Waals surface area contributed by atoms with E-state index in [1.54, 1.807) is 18.3 Å². The van der Waals surface area contributed by atoms with Gasteiger partial charge in [0, 0.05) is 13.1 Å². The van der Waals surface area contributed by atoms with Crippen LogP contribution in [0, 0.1) is 0 Å². The van der Waals surface area contributed by atoms with Gasteiger partial charge in [0.1, 0.15) is 11.4 Å². The van der Waals surface area contributed by atoms with Crippen molar-refractivity contribution in [3.8, 4) is 17.3 Å². The van der Waals surface area contributed by atoms with E-state index < -0.39 is 5.76 Å². The van der Waals surface area contributed by atoms with Gasteiger partial charge in [-0.3, -0.25) is 9.51 Å². The number of aromatic amines is 1. The van der Waals surface area contributed by atoms with Gasteiger partial charge in [-0.25, -0.2) is 9.78 Å². The van der Waals surface area contributed by atoms with Crippen molar-refractivity contribution in [1.29, 1.82) is 0 Å². The lowest BCUT2D eigenvalue weighted by Crippen LogP contribution is -2.39. The van der Waals surface area contributed by atoms with Crippen LogP contribution in [0.25, 0.3) is 11.5 Å². The number of H-pyrrole nitrogens is 1. The third-order valence-electron chi connectivity index (χ3n) is 3.79. The highest BCUT2D eigenvalue weighted by Crippen LogP contribution is 2.15. The molecule has 8 nitrogen and oxygen atoms in total. The average molecular weight is 320 g/mol. The van der Waals surface area contributed by atoms with Gasteiger partial charge < -0.3 is 14.7 Å². The van der Waals surface area contributed by atoms with Crippen molar-refractivity contribution in [2.24, 2.45) is 0 Å². The molecule has 124 valence electrons. The molecule has 2 N–H and O–H groups in total. The highest BCUT2D eigenvalue weighted by atomic mass is 16.5. The summed E-state index contributed by atoms with van der Waals surface area (Å²) in [6.07, 6.45) is 4.25. The first-order valence-corrected chi connectivity index (χ1v) is 7.76. The van der Waals surface area contributed by atoms with Crippen LogP contribution in [0.3, 0.4) is 0 Å². The number of ether oxygens (including phenoxy) is 1. The molecule has 3 heterocycles. The van der Waals surface area contributed by atoms with Gasteiger partial charge in [0.05, 0.1) is 18.9 Å². The molecule has 0 amide bonds. The Morgan fingerprint density at radius 3 is 3.09 bits per heavy atom. The summed E-state index contributed by atoms with van der Waals surface area (Å²) in [4.78, 5) is 19.8. The molecule has 1 aliphatic heterocycles. The molecule has 1 atom stereocenters. The van der Waals surface area contributed by atoms with Crippen LogP contribution in [0.15, 0.2) is 27.6 Å². The van der Waals surface area contributed by atoms with E-state index in [2.05, 4.69) is 24.5 Å². The Bertz CT molecular complexity index is 667. The Morgan fingerprint density at radius 2 is 2.39 bits per heavy atom. The summed E-state index contributed by atoms with van der Waals surface area (Å²) in [6, 6.07) is 3.49. The van der Waals surface area contributed by atoms with Crippen LogP contribution in [-0.4, -0.2) is 57.5 Å². The zero-order valence-corrected chi connectivity index (χ0v) is 12.8. The standard InChI is InChI=1S/C15H20N4O4/c20-11-3-1-6-19(10-11)7-2-8-22-12-4-5-13(16-9-12)14-17-15(21)23-18-14/h4-5,9,11,20H,1-3,6-8,10H2,(H,17,18,21). The normalized spacial score (nSPS) is 18.9. The molecule has 23 heavy (non-hydrogen) atoms. The first kappa shape index (κ1) is 15.7. The number of hydrogen-bond donors (Lipinski definition) is 2. The van der Waals surface area contributed by atoms with Crippen molar-refractivity contribution in [1.82, 2.24) is 20.0 Å². The number of aliphatic hydroxyl groups excluding tert-OH is 1. The number of hydrogen-bond acceptors (Lipinski definition) is 7. The second kappa shape index (κ2) is 7.38. The summed E-state index contributed by atoms with van der Waals surface area (Å²) in [6.45, 7) is 3.31. The number of β-amino-alcohol motifs (C(OH)–C–C–N with tert-alkyl or cyclic N) is 1. The Labute approximate surface area is 133 Å². The predicted molar refractivity (Wildman–Crippen MR) is 82.1 cm³/mol. The van der Waals surface area contributed by atoms with Gasteiger partial charge in [0.2, 0.25) is 5.82 Å². The first-order chi connectivity index (χ1) is 11.2. The Kier molecular flexibility index (Phi) is 5.04. The smallest absolute Gasteiger partial charge is 0.439 e. The van der Waals surface area contributed by atoms with Crippen molar-refractivity contribution < 1.29 is 14.4 Å². The molecule has 0 aromatic carbocycles. The van der Waals surface area contributed by atoms with Gasteiger partial charge in [-0.15, -0.1) is 0 Å². The molecule has 1 fully saturated rings. The summed E-state index contributed by atoms with van der Waals surface area (Å²) < 4.78 is 10.1. The predicted octanol–water partition coefficient (Wildman–Crippen LogP) is 0.650. The van der Waals surface area contributed by atoms with Crippen molar-refractivity contribution in [3.63, 3.8) is 0 Å². The van der Waals surface area contributed by atoms with Gasteiger partial charge >= 0.3 is 5.76 Å². The molecule has 2 aromatic heterocycles. The molecule has 1 aliphatic rings. The van der Waals surface area contributed by atoms with Gasteiger partial charge in [0.25, 0.3) is 0 Å². The monoisotopic (exact) mass is 320 g/mol. The van der Waals surface area contributed by atoms with Crippen molar-refractivity contribution in [3.05, 3.63) is 28.9 Å². The zero-order chi connectivity index (χ0) is 16.1. The number of nitrogens with zero attached hydrogens (tertiary/aromatic N) is 3. The highest BCUT2D eigenvalue weighted by molar-refractivity contribution is 5.48. The maximum absolute atomic E-state index is 10.9. The number of piperidine rings is 1. The molecule has 3 rings (SSSR count). The van der Waals surface area contributed by atoms with E-state index in [-0.39, 0.29) is 6.10 Å². The van der Waals surface area contributed by atoms with E-state index in [9.17, 15) is 9.90 Å². The van der Waals surface area contributed by atoms with Crippen LogP contribution in [0.1, 0.15) is 19.3 Å². The topological polar surface area (TPSA) is 104 Å². The molecule has 8 heteroatoms. The summed E-state index contributed by atoms with van der Waals surface area (Å²) in [5, 5.41) is 13.2. The van der Waals surface area contributed by atoms with Crippen molar-refractivity contribution in [2.45, 2.75) is 25.4 Å². The lowest BCUT2D eigenvalue weighted by molar-refractivity contribution is 0.0679. The third kappa shape index (κ3) is 4.40. The molecule has 0 bridgehead atoms. The second-order valence-corrected chi connectivity index (χ2v) is 5.62. The first-order valence-electron chi connectivity index (χ1n) is 7.76. The average Bonchev–Trinajstić information content (AvgIpc) is 2.99. The number of aromatic nitrogens is 3. The molecule has 0 aliphatic carbocycles. The van der Waals surface area contributed by atoms with Gasteiger partial charge in [-0.2, -0.15) is 0 Å². The van der Waals surface area contributed by atoms with Gasteiger partial charge in [-0.05, 0) is 37.9 Å². The quantitative estimate of drug-likeness (QED) is 0.753. The van der Waals surface area contributed by atoms with E-state index in [0.717, 1.165) is 38.9 Å². The van der Waals surface area contributed by atoms with Crippen molar-refractivity contribution >= 4 is 0 Å². The molecule has 2 aromatic rings. The number of aliphatic hydroxyl groups is 1. The van der Waals surface area contributed by atoms with E-state index in [4.69, 9.17) is 4.74 Å². The minimum Gasteiger partial charge on any atom is -0.492 e. The van der Waals surface area contributed by atoms with Crippen LogP contribution >= 0.6 is 0 Å². The summed E-state index contributed by atoms with van der Waals surface area (Å²) in [7, 11) is 0. The molecule has 0 radical (unpaired) electrons. The van der Waals surface area contributed by atoms with Crippen LogP contribution in [0.4, 0.5) is 0 Å². The van der Waals surface area contributed by atoms with Crippen LogP contribution in [0.5, 0.6) is 5.75 Å². The number of rotatable bonds is 6. The fourth-order valence-corrected chi connectivity index (χ4v) is 2.66. The lowest BCUT2D eigenvalue weighted by Gasteiger charge is -2.29. The van der Waals surface area contributed by atoms with E-state index >= 15 is 0 Å². The molecule has 1 unspecified atom stereocenters. The largest absolute Gasteiger partial charge is 0.492 e. The van der Waals surface area contributed by atoms with E-state index in [0.29, 0.717) is 23.9 Å². The molecule has 1 saturated heterocycles. The van der Waals surface area contributed by atoms with E-state index in [1.165, 1.54) is 0 Å². The Morgan fingerprint density at radius 1 is 1.48 bits per heavy atom. The lowest BCUT2D eigenvalue weighted by atomic mass is 10.1. The van der Waals surface area contributed by atoms with Gasteiger partial charge in [0.15, 0.2) is 0 Å². The van der Waals surface area contributed by atoms with Crippen molar-refractivity contribution in [2.75, 3.05) is 26.2 Å².